The predicted molar refractivity (Wildman–Crippen MR) is 79.4 cm³/mol. The number of hydrogen-bond acceptors (Lipinski definition) is 4. The molecule has 1 N–H and O–H groups in total. The molecule has 3 heterocycles. The predicted octanol–water partition coefficient (Wildman–Crippen LogP) is 3.98. The van der Waals surface area contributed by atoms with E-state index in [1.54, 1.807) is 22.7 Å². The monoisotopic (exact) mass is 288 g/mol. The lowest BCUT2D eigenvalue weighted by molar-refractivity contribution is 0.224. The molecule has 1 atom stereocenters. The molecule has 0 fully saturated rings. The normalized spacial score (nSPS) is 15.4. The zero-order valence-electron chi connectivity index (χ0n) is 10.1. The SMILES string of the molecule is OC(c1ccc2c(c1)CCO2)c1cc2sccc2s1. The molecule has 1 aliphatic heterocycles. The van der Waals surface area contributed by atoms with Crippen LogP contribution in [0.2, 0.25) is 0 Å². The van der Waals surface area contributed by atoms with Crippen molar-refractivity contribution in [2.24, 2.45) is 0 Å². The highest BCUT2D eigenvalue weighted by Gasteiger charge is 2.18. The summed E-state index contributed by atoms with van der Waals surface area (Å²) in [6.45, 7) is 0.754. The third kappa shape index (κ3) is 1.87. The molecule has 1 aromatic carbocycles. The van der Waals surface area contributed by atoms with Crippen molar-refractivity contribution in [2.75, 3.05) is 6.61 Å². The van der Waals surface area contributed by atoms with E-state index >= 15 is 0 Å². The Morgan fingerprint density at radius 1 is 1.16 bits per heavy atom. The van der Waals surface area contributed by atoms with Crippen LogP contribution >= 0.6 is 22.7 Å². The van der Waals surface area contributed by atoms with Gasteiger partial charge in [0, 0.05) is 20.7 Å². The Hall–Kier alpha value is -1.36. The highest BCUT2D eigenvalue weighted by Crippen LogP contribution is 2.37. The lowest BCUT2D eigenvalue weighted by Crippen LogP contribution is -1.97. The first-order chi connectivity index (χ1) is 9.31. The summed E-state index contributed by atoms with van der Waals surface area (Å²) in [7, 11) is 0. The number of fused-ring (bicyclic) bond motifs is 2. The van der Waals surface area contributed by atoms with E-state index < -0.39 is 6.10 Å². The molecule has 0 amide bonds. The van der Waals surface area contributed by atoms with Crippen LogP contribution in [0, 0.1) is 0 Å². The van der Waals surface area contributed by atoms with E-state index in [2.05, 4.69) is 23.6 Å². The molecule has 0 saturated heterocycles. The van der Waals surface area contributed by atoms with Crippen LogP contribution < -0.4 is 4.74 Å². The van der Waals surface area contributed by atoms with Crippen LogP contribution in [0.3, 0.4) is 0 Å². The van der Waals surface area contributed by atoms with Gasteiger partial charge in [-0.15, -0.1) is 22.7 Å². The maximum atomic E-state index is 10.5. The number of ether oxygens (including phenoxy) is 1. The second kappa shape index (κ2) is 4.34. The van der Waals surface area contributed by atoms with Crippen LogP contribution in [0.4, 0.5) is 0 Å². The third-order valence-electron chi connectivity index (χ3n) is 3.46. The minimum atomic E-state index is -0.532. The number of hydrogen-bond donors (Lipinski definition) is 1. The van der Waals surface area contributed by atoms with Crippen LogP contribution in [0.1, 0.15) is 22.1 Å². The molecule has 0 aliphatic carbocycles. The largest absolute Gasteiger partial charge is 0.493 e. The Bertz CT molecular complexity index is 713. The van der Waals surface area contributed by atoms with E-state index in [1.165, 1.54) is 15.0 Å². The molecule has 0 saturated carbocycles. The molecule has 19 heavy (non-hydrogen) atoms. The summed E-state index contributed by atoms with van der Waals surface area (Å²) in [6, 6.07) is 10.2. The summed E-state index contributed by atoms with van der Waals surface area (Å²) in [5.74, 6) is 0.961. The fourth-order valence-corrected chi connectivity index (χ4v) is 4.59. The van der Waals surface area contributed by atoms with E-state index in [1.807, 2.05) is 12.1 Å². The van der Waals surface area contributed by atoms with Gasteiger partial charge in [0.2, 0.25) is 0 Å². The van der Waals surface area contributed by atoms with Crippen molar-refractivity contribution in [3.05, 3.63) is 51.7 Å². The number of rotatable bonds is 2. The first-order valence-corrected chi connectivity index (χ1v) is 7.91. The summed E-state index contributed by atoms with van der Waals surface area (Å²) < 4.78 is 8.00. The van der Waals surface area contributed by atoms with Gasteiger partial charge >= 0.3 is 0 Å². The quantitative estimate of drug-likeness (QED) is 0.773. The summed E-state index contributed by atoms with van der Waals surface area (Å²) >= 11 is 3.39. The Balaban J connectivity index is 1.73. The second-order valence-electron chi connectivity index (χ2n) is 4.67. The van der Waals surface area contributed by atoms with Crippen molar-refractivity contribution in [3.63, 3.8) is 0 Å². The molecule has 3 aromatic rings. The summed E-state index contributed by atoms with van der Waals surface area (Å²) in [6.07, 6.45) is 0.408. The number of benzene rings is 1. The van der Waals surface area contributed by atoms with Gasteiger partial charge in [0.05, 0.1) is 6.61 Å². The van der Waals surface area contributed by atoms with Gasteiger partial charge in [0.15, 0.2) is 0 Å². The van der Waals surface area contributed by atoms with E-state index in [0.29, 0.717) is 0 Å². The summed E-state index contributed by atoms with van der Waals surface area (Å²) in [4.78, 5) is 1.01. The van der Waals surface area contributed by atoms with E-state index in [4.69, 9.17) is 4.74 Å². The molecule has 1 aliphatic rings. The maximum Gasteiger partial charge on any atom is 0.122 e. The molecule has 0 spiro atoms. The lowest BCUT2D eigenvalue weighted by atomic mass is 10.0. The molecule has 4 heteroatoms. The van der Waals surface area contributed by atoms with E-state index in [9.17, 15) is 5.11 Å². The average molecular weight is 288 g/mol. The van der Waals surface area contributed by atoms with Crippen LogP contribution in [0.5, 0.6) is 5.75 Å². The van der Waals surface area contributed by atoms with Crippen molar-refractivity contribution in [3.8, 4) is 5.75 Å². The Labute approximate surface area is 118 Å². The first-order valence-electron chi connectivity index (χ1n) is 6.22. The van der Waals surface area contributed by atoms with Gasteiger partial charge in [-0.2, -0.15) is 0 Å². The average Bonchev–Trinajstić information content (AvgIpc) is 3.11. The standard InChI is InChI=1S/C15H12O2S2/c16-15(14-8-13-12(19-14)4-6-18-13)10-1-2-11-9(7-10)3-5-17-11/h1-2,4,6-8,15-16H,3,5H2. The van der Waals surface area contributed by atoms with Gasteiger partial charge in [-0.3, -0.25) is 0 Å². The Kier molecular flexibility index (Phi) is 2.62. The minimum Gasteiger partial charge on any atom is -0.493 e. The molecule has 0 bridgehead atoms. The molecular formula is C15H12O2S2. The van der Waals surface area contributed by atoms with Gasteiger partial charge in [0.1, 0.15) is 11.9 Å². The Morgan fingerprint density at radius 3 is 3.00 bits per heavy atom. The van der Waals surface area contributed by atoms with Gasteiger partial charge in [0.25, 0.3) is 0 Å². The minimum absolute atomic E-state index is 0.532. The van der Waals surface area contributed by atoms with Crippen LogP contribution in [0.25, 0.3) is 9.40 Å². The number of aliphatic hydroxyl groups is 1. The molecule has 1 unspecified atom stereocenters. The van der Waals surface area contributed by atoms with Crippen molar-refractivity contribution in [1.29, 1.82) is 0 Å². The number of thiophene rings is 2. The Morgan fingerprint density at radius 2 is 2.11 bits per heavy atom. The van der Waals surface area contributed by atoms with Gasteiger partial charge in [-0.1, -0.05) is 6.07 Å². The third-order valence-corrected chi connectivity index (χ3v) is 5.60. The highest BCUT2D eigenvalue weighted by atomic mass is 32.1. The molecule has 96 valence electrons. The zero-order valence-corrected chi connectivity index (χ0v) is 11.8. The van der Waals surface area contributed by atoms with Crippen LogP contribution in [-0.2, 0) is 6.42 Å². The molecule has 4 rings (SSSR count). The van der Waals surface area contributed by atoms with E-state index in [-0.39, 0.29) is 0 Å². The molecular weight excluding hydrogens is 276 g/mol. The second-order valence-corrected chi connectivity index (χ2v) is 6.73. The fourth-order valence-electron chi connectivity index (χ4n) is 2.46. The molecule has 2 aromatic heterocycles. The molecule has 2 nitrogen and oxygen atoms in total. The van der Waals surface area contributed by atoms with Crippen molar-refractivity contribution in [2.45, 2.75) is 12.5 Å². The maximum absolute atomic E-state index is 10.5. The van der Waals surface area contributed by atoms with Crippen LogP contribution in [0.15, 0.2) is 35.7 Å². The molecule has 0 radical (unpaired) electrons. The van der Waals surface area contributed by atoms with Gasteiger partial charge < -0.3 is 9.84 Å². The van der Waals surface area contributed by atoms with Crippen molar-refractivity contribution >= 4 is 32.1 Å². The smallest absolute Gasteiger partial charge is 0.122 e. The van der Waals surface area contributed by atoms with E-state index in [0.717, 1.165) is 29.2 Å². The fraction of sp³-hybridized carbons (Fsp3) is 0.200. The van der Waals surface area contributed by atoms with Crippen LogP contribution in [-0.4, -0.2) is 11.7 Å². The van der Waals surface area contributed by atoms with Gasteiger partial charge in [-0.05, 0) is 40.8 Å². The topological polar surface area (TPSA) is 29.5 Å². The zero-order chi connectivity index (χ0) is 12.8. The number of aliphatic hydroxyl groups excluding tert-OH is 1. The first kappa shape index (κ1) is 11.5. The van der Waals surface area contributed by atoms with Gasteiger partial charge in [-0.25, -0.2) is 0 Å². The van der Waals surface area contributed by atoms with Crippen molar-refractivity contribution in [1.82, 2.24) is 0 Å². The summed E-state index contributed by atoms with van der Waals surface area (Å²) in [5.41, 5.74) is 2.16. The summed E-state index contributed by atoms with van der Waals surface area (Å²) in [5, 5.41) is 12.6. The highest BCUT2D eigenvalue weighted by molar-refractivity contribution is 7.26. The lowest BCUT2D eigenvalue weighted by Gasteiger charge is -2.10. The van der Waals surface area contributed by atoms with Crippen molar-refractivity contribution < 1.29 is 9.84 Å².